The third-order valence-electron chi connectivity index (χ3n) is 4.57. The first-order valence-corrected chi connectivity index (χ1v) is 7.03. The highest BCUT2D eigenvalue weighted by atomic mass is 15.1. The molecule has 4 rings (SSSR count). The molecule has 3 aromatic heterocycles. The molecule has 4 heteroatoms. The van der Waals surface area contributed by atoms with Crippen LogP contribution in [-0.2, 0) is 0 Å². The molecule has 0 amide bonds. The molecule has 0 saturated heterocycles. The normalized spacial score (nSPS) is 27.6. The number of imidazole rings is 1. The monoisotopic (exact) mass is 254 g/mol. The van der Waals surface area contributed by atoms with Crippen LogP contribution in [0.3, 0.4) is 0 Å². The molecule has 1 aliphatic carbocycles. The Morgan fingerprint density at radius 1 is 1.21 bits per heavy atom. The molecule has 0 spiro atoms. The Labute approximate surface area is 111 Å². The maximum absolute atomic E-state index is 4.54. The molecule has 3 heterocycles. The third-order valence-corrected chi connectivity index (χ3v) is 4.57. The lowest BCUT2D eigenvalue weighted by Gasteiger charge is -2.15. The molecule has 3 aromatic rings. The topological polar surface area (TPSA) is 46.0 Å². The van der Waals surface area contributed by atoms with Gasteiger partial charge < -0.3 is 4.98 Å². The van der Waals surface area contributed by atoms with Gasteiger partial charge in [0.2, 0.25) is 0 Å². The Morgan fingerprint density at radius 3 is 2.89 bits per heavy atom. The van der Waals surface area contributed by atoms with Gasteiger partial charge in [0.1, 0.15) is 0 Å². The third kappa shape index (κ3) is 1.52. The van der Waals surface area contributed by atoms with E-state index in [4.69, 9.17) is 0 Å². The summed E-state index contributed by atoms with van der Waals surface area (Å²) in [7, 11) is 0. The Hall–Kier alpha value is -1.84. The van der Waals surface area contributed by atoms with Gasteiger partial charge >= 0.3 is 0 Å². The lowest BCUT2D eigenvalue weighted by Crippen LogP contribution is -2.06. The van der Waals surface area contributed by atoms with Crippen molar-refractivity contribution in [1.82, 2.24) is 19.4 Å². The molecule has 0 bridgehead atoms. The van der Waals surface area contributed by atoms with Crippen molar-refractivity contribution in [3.8, 4) is 0 Å². The highest BCUT2D eigenvalue weighted by Crippen LogP contribution is 2.43. The summed E-state index contributed by atoms with van der Waals surface area (Å²) in [4.78, 5) is 12.1. The summed E-state index contributed by atoms with van der Waals surface area (Å²) in [5, 5.41) is 0. The van der Waals surface area contributed by atoms with Crippen LogP contribution in [0.2, 0.25) is 0 Å². The zero-order valence-electron chi connectivity index (χ0n) is 11.3. The number of rotatable bonds is 1. The summed E-state index contributed by atoms with van der Waals surface area (Å²) in [5.41, 5.74) is 4.37. The van der Waals surface area contributed by atoms with Crippen LogP contribution < -0.4 is 0 Å². The van der Waals surface area contributed by atoms with E-state index in [0.29, 0.717) is 5.92 Å². The van der Waals surface area contributed by atoms with E-state index in [1.807, 2.05) is 18.6 Å². The molecule has 0 unspecified atom stereocenters. The minimum atomic E-state index is 0.616. The van der Waals surface area contributed by atoms with Crippen LogP contribution in [0.4, 0.5) is 0 Å². The van der Waals surface area contributed by atoms with E-state index in [2.05, 4.69) is 39.3 Å². The summed E-state index contributed by atoms with van der Waals surface area (Å²) in [6.45, 7) is 4.72. The standard InChI is InChI=1S/C15H18N4/c1-9-5-10(2)11(6-9)13-7-17-14-8-18-15-12(19(13)14)3-4-16-15/h3-4,7-11,16H,5-6H2,1-2H3/t9-,10+,11-/m0/s1. The zero-order chi connectivity index (χ0) is 13.0. The van der Waals surface area contributed by atoms with Crippen LogP contribution in [0.1, 0.15) is 38.3 Å². The molecule has 19 heavy (non-hydrogen) atoms. The van der Waals surface area contributed by atoms with Gasteiger partial charge in [-0.05, 0) is 30.7 Å². The maximum Gasteiger partial charge on any atom is 0.156 e. The van der Waals surface area contributed by atoms with Gasteiger partial charge in [0.05, 0.1) is 11.7 Å². The van der Waals surface area contributed by atoms with Gasteiger partial charge in [-0.2, -0.15) is 0 Å². The predicted molar refractivity (Wildman–Crippen MR) is 75.1 cm³/mol. The molecule has 98 valence electrons. The second-order valence-corrected chi connectivity index (χ2v) is 6.01. The molecule has 4 nitrogen and oxygen atoms in total. The molecule has 1 aliphatic rings. The second kappa shape index (κ2) is 3.83. The number of H-pyrrole nitrogens is 1. The van der Waals surface area contributed by atoms with Gasteiger partial charge in [0, 0.05) is 24.0 Å². The minimum Gasteiger partial charge on any atom is -0.345 e. The molecular formula is C15H18N4. The minimum absolute atomic E-state index is 0.616. The van der Waals surface area contributed by atoms with Crippen molar-refractivity contribution in [2.75, 3.05) is 0 Å². The van der Waals surface area contributed by atoms with E-state index in [9.17, 15) is 0 Å². The van der Waals surface area contributed by atoms with E-state index >= 15 is 0 Å². The van der Waals surface area contributed by atoms with Gasteiger partial charge in [0.15, 0.2) is 11.3 Å². The zero-order valence-corrected chi connectivity index (χ0v) is 11.3. The Balaban J connectivity index is 1.97. The van der Waals surface area contributed by atoms with Crippen molar-refractivity contribution in [2.24, 2.45) is 11.8 Å². The van der Waals surface area contributed by atoms with Crippen LogP contribution >= 0.6 is 0 Å². The van der Waals surface area contributed by atoms with Crippen molar-refractivity contribution in [2.45, 2.75) is 32.6 Å². The lowest BCUT2D eigenvalue weighted by atomic mass is 9.95. The summed E-state index contributed by atoms with van der Waals surface area (Å²) < 4.78 is 2.28. The smallest absolute Gasteiger partial charge is 0.156 e. The van der Waals surface area contributed by atoms with E-state index < -0.39 is 0 Å². The second-order valence-electron chi connectivity index (χ2n) is 6.01. The van der Waals surface area contributed by atoms with Gasteiger partial charge in [-0.1, -0.05) is 13.8 Å². The van der Waals surface area contributed by atoms with E-state index in [-0.39, 0.29) is 0 Å². The molecular weight excluding hydrogens is 236 g/mol. The fourth-order valence-corrected chi connectivity index (χ4v) is 3.73. The number of fused-ring (bicyclic) bond motifs is 3. The number of nitrogens with one attached hydrogen (secondary N) is 1. The van der Waals surface area contributed by atoms with Gasteiger partial charge in [-0.15, -0.1) is 0 Å². The first kappa shape index (κ1) is 11.0. The molecule has 0 aliphatic heterocycles. The molecule has 1 saturated carbocycles. The Bertz CT molecular complexity index is 739. The van der Waals surface area contributed by atoms with Crippen LogP contribution in [0, 0.1) is 11.8 Å². The van der Waals surface area contributed by atoms with Crippen LogP contribution in [-0.4, -0.2) is 19.4 Å². The van der Waals surface area contributed by atoms with Crippen LogP contribution in [0.5, 0.6) is 0 Å². The highest BCUT2D eigenvalue weighted by molar-refractivity contribution is 5.74. The molecule has 1 fully saturated rings. The van der Waals surface area contributed by atoms with Crippen LogP contribution in [0.25, 0.3) is 16.8 Å². The van der Waals surface area contributed by atoms with Crippen molar-refractivity contribution < 1.29 is 0 Å². The van der Waals surface area contributed by atoms with Crippen molar-refractivity contribution in [3.63, 3.8) is 0 Å². The van der Waals surface area contributed by atoms with E-state index in [1.54, 1.807) is 0 Å². The first-order chi connectivity index (χ1) is 9.24. The molecule has 0 aromatic carbocycles. The SMILES string of the molecule is C[C@H]1C[C@@H](C)[C@@H](c2cnc3cnc4[nH]ccc4n23)C1. The lowest BCUT2D eigenvalue weighted by molar-refractivity contribution is 0.517. The number of nitrogens with zero attached hydrogens (tertiary/aromatic N) is 3. The van der Waals surface area contributed by atoms with Crippen LogP contribution in [0.15, 0.2) is 24.7 Å². The number of aromatic nitrogens is 4. The maximum atomic E-state index is 4.54. The molecule has 3 atom stereocenters. The van der Waals surface area contributed by atoms with Gasteiger partial charge in [-0.3, -0.25) is 4.40 Å². The quantitative estimate of drug-likeness (QED) is 0.723. The van der Waals surface area contributed by atoms with Crippen molar-refractivity contribution >= 4 is 16.8 Å². The summed E-state index contributed by atoms with van der Waals surface area (Å²) in [6, 6.07) is 2.09. The Morgan fingerprint density at radius 2 is 2.11 bits per heavy atom. The van der Waals surface area contributed by atoms with Crippen molar-refractivity contribution in [1.29, 1.82) is 0 Å². The number of aromatic amines is 1. The fourth-order valence-electron chi connectivity index (χ4n) is 3.73. The van der Waals surface area contributed by atoms with E-state index in [0.717, 1.165) is 28.6 Å². The molecule has 0 radical (unpaired) electrons. The summed E-state index contributed by atoms with van der Waals surface area (Å²) in [6.07, 6.45) is 8.43. The summed E-state index contributed by atoms with van der Waals surface area (Å²) >= 11 is 0. The molecule has 1 N–H and O–H groups in total. The van der Waals surface area contributed by atoms with E-state index in [1.165, 1.54) is 18.5 Å². The summed E-state index contributed by atoms with van der Waals surface area (Å²) in [5.74, 6) is 2.16. The Kier molecular flexibility index (Phi) is 2.22. The number of hydrogen-bond acceptors (Lipinski definition) is 2. The highest BCUT2D eigenvalue weighted by Gasteiger charge is 2.32. The predicted octanol–water partition coefficient (Wildman–Crippen LogP) is 3.36. The number of hydrogen-bond donors (Lipinski definition) is 1. The fraction of sp³-hybridized carbons (Fsp3) is 0.467. The van der Waals surface area contributed by atoms with Crippen molar-refractivity contribution in [3.05, 3.63) is 30.4 Å². The average Bonchev–Trinajstić information content (AvgIpc) is 3.05. The first-order valence-electron chi connectivity index (χ1n) is 7.03. The van der Waals surface area contributed by atoms with Gasteiger partial charge in [-0.25, -0.2) is 9.97 Å². The van der Waals surface area contributed by atoms with Gasteiger partial charge in [0.25, 0.3) is 0 Å². The average molecular weight is 254 g/mol. The largest absolute Gasteiger partial charge is 0.345 e.